The second-order valence-corrected chi connectivity index (χ2v) is 5.03. The largest absolute Gasteiger partial charge is 0.360 e. The smallest absolute Gasteiger partial charge is 0.344 e. The summed E-state index contributed by atoms with van der Waals surface area (Å²) in [4.78, 5) is 15.7. The number of amides is 1. The van der Waals surface area contributed by atoms with Gasteiger partial charge in [-0.3, -0.25) is 0 Å². The van der Waals surface area contributed by atoms with E-state index in [9.17, 15) is 4.79 Å². The standard InChI is InChI=1S/C17H15N3O2/c1-11-7-6-10-14(18-11)19-17(21)15-12(2)22-20-16(15)13-8-4-3-5-9-13/h3-10H,1-2H3,(H,18,19,21)/p+1. The van der Waals surface area contributed by atoms with Crippen LogP contribution in [0.2, 0.25) is 0 Å². The molecular formula is C17H16N3O2+. The van der Waals surface area contributed by atoms with Crippen LogP contribution in [-0.2, 0) is 0 Å². The van der Waals surface area contributed by atoms with Gasteiger partial charge in [0.15, 0.2) is 0 Å². The lowest BCUT2D eigenvalue weighted by Gasteiger charge is -2.00. The first-order chi connectivity index (χ1) is 10.6. The van der Waals surface area contributed by atoms with Crippen LogP contribution in [0.15, 0.2) is 53.1 Å². The molecule has 0 bridgehead atoms. The molecule has 0 unspecified atom stereocenters. The zero-order valence-electron chi connectivity index (χ0n) is 12.4. The first-order valence-corrected chi connectivity index (χ1v) is 6.97. The van der Waals surface area contributed by atoms with Crippen molar-refractivity contribution in [3.05, 3.63) is 65.5 Å². The number of aromatic nitrogens is 2. The van der Waals surface area contributed by atoms with E-state index in [1.807, 2.05) is 49.4 Å². The fourth-order valence-electron chi connectivity index (χ4n) is 2.27. The molecule has 1 aromatic carbocycles. The molecule has 1 amide bonds. The van der Waals surface area contributed by atoms with Crippen molar-refractivity contribution in [1.82, 2.24) is 5.16 Å². The highest BCUT2D eigenvalue weighted by Gasteiger charge is 2.25. The molecule has 0 radical (unpaired) electrons. The molecule has 0 aliphatic heterocycles. The van der Waals surface area contributed by atoms with E-state index < -0.39 is 0 Å². The molecule has 110 valence electrons. The van der Waals surface area contributed by atoms with Gasteiger partial charge in [-0.2, -0.15) is 0 Å². The molecular weight excluding hydrogens is 278 g/mol. The van der Waals surface area contributed by atoms with Crippen molar-refractivity contribution in [3.8, 4) is 11.3 Å². The predicted octanol–water partition coefficient (Wildman–Crippen LogP) is 3.02. The lowest BCUT2D eigenvalue weighted by Crippen LogP contribution is -2.21. The Kier molecular flexibility index (Phi) is 3.70. The van der Waals surface area contributed by atoms with E-state index in [0.717, 1.165) is 11.3 Å². The highest BCUT2D eigenvalue weighted by atomic mass is 16.5. The topological polar surface area (TPSA) is 69.3 Å². The van der Waals surface area contributed by atoms with Crippen LogP contribution < -0.4 is 10.3 Å². The van der Waals surface area contributed by atoms with Crippen LogP contribution in [0.25, 0.3) is 11.3 Å². The number of anilines is 1. The molecule has 0 aliphatic rings. The van der Waals surface area contributed by atoms with Gasteiger partial charge < -0.3 is 4.52 Å². The molecule has 22 heavy (non-hydrogen) atoms. The summed E-state index contributed by atoms with van der Waals surface area (Å²) in [5.74, 6) is 0.869. The maximum absolute atomic E-state index is 12.6. The van der Waals surface area contributed by atoms with Crippen molar-refractivity contribution in [2.75, 3.05) is 5.32 Å². The molecule has 2 heterocycles. The van der Waals surface area contributed by atoms with Crippen molar-refractivity contribution in [3.63, 3.8) is 0 Å². The molecule has 0 saturated heterocycles. The van der Waals surface area contributed by atoms with E-state index in [-0.39, 0.29) is 5.91 Å². The van der Waals surface area contributed by atoms with Crippen LogP contribution >= 0.6 is 0 Å². The highest BCUT2D eigenvalue weighted by Crippen LogP contribution is 2.25. The summed E-state index contributed by atoms with van der Waals surface area (Å²) >= 11 is 0. The highest BCUT2D eigenvalue weighted by molar-refractivity contribution is 6.08. The van der Waals surface area contributed by atoms with Crippen molar-refractivity contribution in [2.24, 2.45) is 0 Å². The first kappa shape index (κ1) is 14.0. The Labute approximate surface area is 128 Å². The second kappa shape index (κ2) is 5.81. The minimum Gasteiger partial charge on any atom is -0.360 e. The maximum Gasteiger partial charge on any atom is 0.344 e. The van der Waals surface area contributed by atoms with Crippen LogP contribution in [0.4, 0.5) is 5.82 Å². The minimum atomic E-state index is -0.251. The average molecular weight is 294 g/mol. The summed E-state index contributed by atoms with van der Waals surface area (Å²) in [6.07, 6.45) is 0. The van der Waals surface area contributed by atoms with Crippen LogP contribution in [0.1, 0.15) is 21.8 Å². The van der Waals surface area contributed by atoms with Gasteiger partial charge in [-0.1, -0.05) is 41.6 Å². The molecule has 3 aromatic rings. The number of hydrogen-bond acceptors (Lipinski definition) is 3. The fraction of sp³-hybridized carbons (Fsp3) is 0.118. The molecule has 0 saturated carbocycles. The molecule has 0 aliphatic carbocycles. The summed E-state index contributed by atoms with van der Waals surface area (Å²) in [5.41, 5.74) is 2.80. The summed E-state index contributed by atoms with van der Waals surface area (Å²) < 4.78 is 5.21. The Balaban J connectivity index is 1.95. The number of H-pyrrole nitrogens is 1. The van der Waals surface area contributed by atoms with Gasteiger partial charge in [0.05, 0.1) is 5.69 Å². The van der Waals surface area contributed by atoms with Crippen LogP contribution in [0, 0.1) is 13.8 Å². The van der Waals surface area contributed by atoms with Gasteiger partial charge in [0.1, 0.15) is 17.0 Å². The monoisotopic (exact) mass is 294 g/mol. The number of aryl methyl sites for hydroxylation is 2. The van der Waals surface area contributed by atoms with Gasteiger partial charge in [0.2, 0.25) is 0 Å². The Morgan fingerprint density at radius 2 is 1.86 bits per heavy atom. The van der Waals surface area contributed by atoms with Crippen LogP contribution in [0.3, 0.4) is 0 Å². The zero-order chi connectivity index (χ0) is 15.5. The maximum atomic E-state index is 12.6. The van der Waals surface area contributed by atoms with E-state index in [0.29, 0.717) is 22.8 Å². The number of nitrogens with one attached hydrogen (secondary N) is 2. The normalized spacial score (nSPS) is 10.5. The molecule has 0 atom stereocenters. The number of carbonyl (C=O) groups is 1. The number of pyridine rings is 1. The number of nitrogens with zero attached hydrogens (tertiary/aromatic N) is 1. The van der Waals surface area contributed by atoms with Crippen molar-refractivity contribution in [1.29, 1.82) is 0 Å². The Bertz CT molecular complexity index is 810. The number of aromatic amines is 1. The molecule has 5 nitrogen and oxygen atoms in total. The van der Waals surface area contributed by atoms with Crippen molar-refractivity contribution in [2.45, 2.75) is 13.8 Å². The molecule has 5 heteroatoms. The van der Waals surface area contributed by atoms with E-state index in [1.54, 1.807) is 13.0 Å². The fourth-order valence-corrected chi connectivity index (χ4v) is 2.27. The Hall–Kier alpha value is -2.95. The number of hydrogen-bond donors (Lipinski definition) is 1. The van der Waals surface area contributed by atoms with Crippen LogP contribution in [0.5, 0.6) is 0 Å². The lowest BCUT2D eigenvalue weighted by molar-refractivity contribution is -0.370. The minimum absolute atomic E-state index is 0.251. The van der Waals surface area contributed by atoms with Gasteiger partial charge in [-0.05, 0) is 19.9 Å². The van der Waals surface area contributed by atoms with E-state index in [4.69, 9.17) is 4.52 Å². The SMILES string of the molecule is Cc1cccc(NC(=O)c2c(-c3ccccc3)noc2C)[nH+]1. The van der Waals surface area contributed by atoms with E-state index >= 15 is 0 Å². The zero-order valence-corrected chi connectivity index (χ0v) is 12.4. The third kappa shape index (κ3) is 2.74. The summed E-state index contributed by atoms with van der Waals surface area (Å²) in [6, 6.07) is 15.1. The van der Waals surface area contributed by atoms with E-state index in [2.05, 4.69) is 15.5 Å². The van der Waals surface area contributed by atoms with Crippen molar-refractivity contribution >= 4 is 11.7 Å². The first-order valence-electron chi connectivity index (χ1n) is 6.97. The molecule has 2 aromatic heterocycles. The quantitative estimate of drug-likeness (QED) is 0.807. The second-order valence-electron chi connectivity index (χ2n) is 5.03. The van der Waals surface area contributed by atoms with Gasteiger partial charge in [-0.15, -0.1) is 0 Å². The lowest BCUT2D eigenvalue weighted by atomic mass is 10.1. The average Bonchev–Trinajstić information content (AvgIpc) is 2.90. The van der Waals surface area contributed by atoms with Gasteiger partial charge in [0.25, 0.3) is 5.82 Å². The number of rotatable bonds is 3. The molecule has 0 fully saturated rings. The third-order valence-electron chi connectivity index (χ3n) is 3.33. The predicted molar refractivity (Wildman–Crippen MR) is 82.4 cm³/mol. The third-order valence-corrected chi connectivity index (χ3v) is 3.33. The number of benzene rings is 1. The van der Waals surface area contributed by atoms with Gasteiger partial charge in [-0.25, -0.2) is 15.1 Å². The molecule has 0 spiro atoms. The van der Waals surface area contributed by atoms with Crippen molar-refractivity contribution < 1.29 is 14.3 Å². The molecule has 2 N–H and O–H groups in total. The summed E-state index contributed by atoms with van der Waals surface area (Å²) in [5, 5.41) is 6.86. The van der Waals surface area contributed by atoms with Crippen LogP contribution in [-0.4, -0.2) is 11.1 Å². The number of carbonyl (C=O) groups excluding carboxylic acids is 1. The Morgan fingerprint density at radius 3 is 2.59 bits per heavy atom. The summed E-state index contributed by atoms with van der Waals surface area (Å²) in [7, 11) is 0. The van der Waals surface area contributed by atoms with Gasteiger partial charge in [0, 0.05) is 11.6 Å². The Morgan fingerprint density at radius 1 is 1.09 bits per heavy atom. The molecule has 3 rings (SSSR count). The van der Waals surface area contributed by atoms with E-state index in [1.165, 1.54) is 0 Å². The van der Waals surface area contributed by atoms with Gasteiger partial charge >= 0.3 is 5.91 Å². The summed E-state index contributed by atoms with van der Waals surface area (Å²) in [6.45, 7) is 3.66.